The van der Waals surface area contributed by atoms with Gasteiger partial charge in [0, 0.05) is 26.4 Å². The third kappa shape index (κ3) is 4.56. The van der Waals surface area contributed by atoms with Gasteiger partial charge in [0.25, 0.3) is 11.8 Å². The predicted octanol–water partition coefficient (Wildman–Crippen LogP) is 3.68. The Bertz CT molecular complexity index is 681. The minimum Gasteiger partial charge on any atom is -0.350 e. The summed E-state index contributed by atoms with van der Waals surface area (Å²) in [5.74, 6) is -0.289. The highest BCUT2D eigenvalue weighted by Gasteiger charge is 2.09. The number of hydrogen-bond acceptors (Lipinski definition) is 2. The number of rotatable bonds is 4. The minimum absolute atomic E-state index is 0.0902. The Morgan fingerprint density at radius 3 is 2.23 bits per heavy atom. The van der Waals surface area contributed by atoms with Gasteiger partial charge in [-0.25, -0.2) is 0 Å². The lowest BCUT2D eigenvalue weighted by Crippen LogP contribution is -2.30. The number of benzene rings is 2. The summed E-state index contributed by atoms with van der Waals surface area (Å²) in [5, 5.41) is 5.64. The van der Waals surface area contributed by atoms with Crippen LogP contribution in [0.5, 0.6) is 0 Å². The Balaban J connectivity index is 2.05. The maximum absolute atomic E-state index is 12.1. The van der Waals surface area contributed by atoms with Crippen molar-refractivity contribution in [1.82, 2.24) is 5.32 Å². The molecule has 0 spiro atoms. The average Bonchev–Trinajstić information content (AvgIpc) is 2.47. The molecule has 5 heteroatoms. The average molecular weight is 408 g/mol. The predicted molar refractivity (Wildman–Crippen MR) is 96.2 cm³/mol. The first-order valence-corrected chi connectivity index (χ1v) is 8.01. The molecule has 114 valence electrons. The van der Waals surface area contributed by atoms with E-state index < -0.39 is 0 Å². The second-order valence-electron chi connectivity index (χ2n) is 5.17. The summed E-state index contributed by atoms with van der Waals surface area (Å²) >= 11 is 2.17. The first-order chi connectivity index (χ1) is 10.5. The third-order valence-electron chi connectivity index (χ3n) is 2.91. The van der Waals surface area contributed by atoms with Gasteiger partial charge in [0.2, 0.25) is 0 Å². The van der Waals surface area contributed by atoms with Crippen molar-refractivity contribution < 1.29 is 9.59 Å². The van der Waals surface area contributed by atoms with E-state index in [1.807, 2.05) is 32.0 Å². The summed E-state index contributed by atoms with van der Waals surface area (Å²) in [6.45, 7) is 3.82. The van der Waals surface area contributed by atoms with Crippen molar-refractivity contribution in [3.63, 3.8) is 0 Å². The Hall–Kier alpha value is -1.89. The first kappa shape index (κ1) is 16.5. The monoisotopic (exact) mass is 408 g/mol. The van der Waals surface area contributed by atoms with Crippen molar-refractivity contribution in [2.45, 2.75) is 19.9 Å². The van der Waals surface area contributed by atoms with Gasteiger partial charge in [-0.15, -0.1) is 0 Å². The molecule has 0 radical (unpaired) electrons. The van der Waals surface area contributed by atoms with Crippen molar-refractivity contribution in [3.05, 3.63) is 63.2 Å². The summed E-state index contributed by atoms with van der Waals surface area (Å²) in [5.41, 5.74) is 1.83. The number of nitrogens with one attached hydrogen (secondary N) is 2. The lowest BCUT2D eigenvalue weighted by atomic mass is 10.1. The topological polar surface area (TPSA) is 58.2 Å². The fourth-order valence-electron chi connectivity index (χ4n) is 1.88. The van der Waals surface area contributed by atoms with Gasteiger partial charge in [-0.2, -0.15) is 0 Å². The number of anilines is 1. The zero-order valence-electron chi connectivity index (χ0n) is 12.4. The molecule has 0 heterocycles. The van der Waals surface area contributed by atoms with Crippen molar-refractivity contribution in [1.29, 1.82) is 0 Å². The largest absolute Gasteiger partial charge is 0.350 e. The van der Waals surface area contributed by atoms with Crippen LogP contribution in [0.1, 0.15) is 34.6 Å². The van der Waals surface area contributed by atoms with Crippen molar-refractivity contribution in [2.75, 3.05) is 5.32 Å². The maximum Gasteiger partial charge on any atom is 0.255 e. The van der Waals surface area contributed by atoms with E-state index in [0.717, 1.165) is 3.57 Å². The van der Waals surface area contributed by atoms with Gasteiger partial charge in [0.1, 0.15) is 0 Å². The van der Waals surface area contributed by atoms with Crippen molar-refractivity contribution in [3.8, 4) is 0 Å². The van der Waals surface area contributed by atoms with Crippen LogP contribution in [0, 0.1) is 3.57 Å². The molecule has 2 rings (SSSR count). The van der Waals surface area contributed by atoms with Crippen LogP contribution in [0.25, 0.3) is 0 Å². The number of carbonyl (C=O) groups is 2. The van der Waals surface area contributed by atoms with Crippen LogP contribution in [-0.4, -0.2) is 17.9 Å². The molecule has 0 atom stereocenters. The standard InChI is InChI=1S/C17H17IN2O2/c1-11(2)19-16(21)12-6-8-15(9-7-12)20-17(22)13-4-3-5-14(18)10-13/h3-11H,1-2H3,(H,19,21)(H,20,22). The molecule has 0 bridgehead atoms. The number of hydrogen-bond donors (Lipinski definition) is 2. The summed E-state index contributed by atoms with van der Waals surface area (Å²) < 4.78 is 1.01. The van der Waals surface area contributed by atoms with Crippen molar-refractivity contribution in [2.24, 2.45) is 0 Å². The van der Waals surface area contributed by atoms with Crippen LogP contribution in [-0.2, 0) is 0 Å². The van der Waals surface area contributed by atoms with Gasteiger partial charge < -0.3 is 10.6 Å². The first-order valence-electron chi connectivity index (χ1n) is 6.93. The summed E-state index contributed by atoms with van der Waals surface area (Å²) in [7, 11) is 0. The molecular weight excluding hydrogens is 391 g/mol. The molecule has 0 saturated heterocycles. The van der Waals surface area contributed by atoms with Crippen LogP contribution in [0.3, 0.4) is 0 Å². The normalized spacial score (nSPS) is 10.4. The fourth-order valence-corrected chi connectivity index (χ4v) is 2.43. The molecule has 2 amide bonds. The van der Waals surface area contributed by atoms with Gasteiger partial charge in [-0.05, 0) is 78.9 Å². The number of halogens is 1. The highest BCUT2D eigenvalue weighted by Crippen LogP contribution is 2.13. The zero-order valence-corrected chi connectivity index (χ0v) is 14.5. The van der Waals surface area contributed by atoms with E-state index in [4.69, 9.17) is 0 Å². The fraction of sp³-hybridized carbons (Fsp3) is 0.176. The summed E-state index contributed by atoms with van der Waals surface area (Å²) in [6.07, 6.45) is 0. The van der Waals surface area contributed by atoms with E-state index in [0.29, 0.717) is 16.8 Å². The molecule has 2 aromatic rings. The Morgan fingerprint density at radius 2 is 1.64 bits per heavy atom. The Labute approximate surface area is 143 Å². The van der Waals surface area contributed by atoms with Gasteiger partial charge in [-0.3, -0.25) is 9.59 Å². The SMILES string of the molecule is CC(C)NC(=O)c1ccc(NC(=O)c2cccc(I)c2)cc1. The molecule has 22 heavy (non-hydrogen) atoms. The van der Waals surface area contributed by atoms with Gasteiger partial charge in [0.15, 0.2) is 0 Å². The van der Waals surface area contributed by atoms with Crippen LogP contribution in [0.4, 0.5) is 5.69 Å². The smallest absolute Gasteiger partial charge is 0.255 e. The minimum atomic E-state index is -0.169. The van der Waals surface area contributed by atoms with Crippen molar-refractivity contribution >= 4 is 40.1 Å². The highest BCUT2D eigenvalue weighted by molar-refractivity contribution is 14.1. The lowest BCUT2D eigenvalue weighted by molar-refractivity contribution is 0.0942. The third-order valence-corrected chi connectivity index (χ3v) is 3.58. The van der Waals surface area contributed by atoms with Crippen LogP contribution < -0.4 is 10.6 Å². The van der Waals surface area contributed by atoms with Crippen LogP contribution >= 0.6 is 22.6 Å². The second-order valence-corrected chi connectivity index (χ2v) is 6.42. The molecule has 0 fully saturated rings. The van der Waals surface area contributed by atoms with E-state index in [-0.39, 0.29) is 17.9 Å². The second kappa shape index (κ2) is 7.40. The molecule has 4 nitrogen and oxygen atoms in total. The van der Waals surface area contributed by atoms with Gasteiger partial charge >= 0.3 is 0 Å². The van der Waals surface area contributed by atoms with E-state index in [2.05, 4.69) is 33.2 Å². The molecule has 0 aliphatic heterocycles. The van der Waals surface area contributed by atoms with Gasteiger partial charge in [0.05, 0.1) is 0 Å². The Morgan fingerprint density at radius 1 is 0.955 bits per heavy atom. The van der Waals surface area contributed by atoms with E-state index in [9.17, 15) is 9.59 Å². The Kier molecular flexibility index (Phi) is 5.54. The number of carbonyl (C=O) groups excluding carboxylic acids is 2. The van der Waals surface area contributed by atoms with E-state index in [1.165, 1.54) is 0 Å². The molecular formula is C17H17IN2O2. The molecule has 0 unspecified atom stereocenters. The molecule has 2 aromatic carbocycles. The quantitative estimate of drug-likeness (QED) is 0.759. The molecule has 0 aliphatic rings. The van der Waals surface area contributed by atoms with Crippen LogP contribution in [0.15, 0.2) is 48.5 Å². The van der Waals surface area contributed by atoms with Gasteiger partial charge in [-0.1, -0.05) is 6.07 Å². The molecule has 0 saturated carbocycles. The van der Waals surface area contributed by atoms with E-state index in [1.54, 1.807) is 30.3 Å². The number of amides is 2. The molecule has 0 aromatic heterocycles. The maximum atomic E-state index is 12.1. The summed E-state index contributed by atoms with van der Waals surface area (Å²) in [4.78, 5) is 24.0. The summed E-state index contributed by atoms with van der Waals surface area (Å²) in [6, 6.07) is 14.3. The molecule has 0 aliphatic carbocycles. The molecule has 2 N–H and O–H groups in total. The highest BCUT2D eigenvalue weighted by atomic mass is 127. The zero-order chi connectivity index (χ0) is 16.1. The van der Waals surface area contributed by atoms with E-state index >= 15 is 0 Å². The lowest BCUT2D eigenvalue weighted by Gasteiger charge is -2.09. The van der Waals surface area contributed by atoms with Crippen LogP contribution in [0.2, 0.25) is 0 Å².